The van der Waals surface area contributed by atoms with Crippen LogP contribution in [0.5, 0.6) is 0 Å². The van der Waals surface area contributed by atoms with Gasteiger partial charge in [0.1, 0.15) is 6.04 Å². The lowest BCUT2D eigenvalue weighted by molar-refractivity contribution is -0.144. The molecule has 0 amide bonds. The standard InChI is InChI=1S/C15H21NO2S/c1-2-18-15(17)14(16)8-9-19-13-7-6-11-4-3-5-12(11)10-13/h6-7,10,14H,2-5,8-9,16H2,1H3. The highest BCUT2D eigenvalue weighted by atomic mass is 32.2. The quantitative estimate of drug-likeness (QED) is 0.642. The summed E-state index contributed by atoms with van der Waals surface area (Å²) in [6.45, 7) is 2.19. The van der Waals surface area contributed by atoms with Gasteiger partial charge in [-0.3, -0.25) is 4.79 Å². The predicted octanol–water partition coefficient (Wildman–Crippen LogP) is 2.55. The lowest BCUT2D eigenvalue weighted by atomic mass is 10.1. The van der Waals surface area contributed by atoms with Crippen molar-refractivity contribution in [3.63, 3.8) is 0 Å². The second kappa shape index (κ2) is 6.96. The van der Waals surface area contributed by atoms with Gasteiger partial charge in [-0.2, -0.15) is 0 Å². The smallest absolute Gasteiger partial charge is 0.322 e. The Morgan fingerprint density at radius 3 is 3.00 bits per heavy atom. The molecule has 104 valence electrons. The zero-order chi connectivity index (χ0) is 13.7. The van der Waals surface area contributed by atoms with Crippen molar-refractivity contribution in [3.8, 4) is 0 Å². The van der Waals surface area contributed by atoms with E-state index in [0.29, 0.717) is 13.0 Å². The van der Waals surface area contributed by atoms with E-state index in [4.69, 9.17) is 10.5 Å². The van der Waals surface area contributed by atoms with E-state index in [2.05, 4.69) is 18.2 Å². The molecule has 0 saturated carbocycles. The summed E-state index contributed by atoms with van der Waals surface area (Å²) < 4.78 is 4.89. The third-order valence-electron chi connectivity index (χ3n) is 3.36. The maximum absolute atomic E-state index is 11.4. The number of aryl methyl sites for hydroxylation is 2. The summed E-state index contributed by atoms with van der Waals surface area (Å²) >= 11 is 1.76. The molecule has 0 bridgehead atoms. The van der Waals surface area contributed by atoms with Crippen molar-refractivity contribution >= 4 is 17.7 Å². The van der Waals surface area contributed by atoms with Crippen molar-refractivity contribution in [2.24, 2.45) is 5.73 Å². The summed E-state index contributed by atoms with van der Waals surface area (Å²) in [6.07, 6.45) is 4.35. The Kier molecular flexibility index (Phi) is 5.28. The largest absolute Gasteiger partial charge is 0.465 e. The first kappa shape index (κ1) is 14.4. The molecule has 0 aromatic heterocycles. The van der Waals surface area contributed by atoms with Crippen molar-refractivity contribution < 1.29 is 9.53 Å². The van der Waals surface area contributed by atoms with Gasteiger partial charge in [0, 0.05) is 10.6 Å². The van der Waals surface area contributed by atoms with E-state index in [0.717, 1.165) is 5.75 Å². The Labute approximate surface area is 118 Å². The number of hydrogen-bond donors (Lipinski definition) is 1. The summed E-state index contributed by atoms with van der Waals surface area (Å²) in [5.74, 6) is 0.552. The van der Waals surface area contributed by atoms with Crippen LogP contribution in [-0.2, 0) is 22.4 Å². The number of esters is 1. The maximum atomic E-state index is 11.4. The van der Waals surface area contributed by atoms with Crippen molar-refractivity contribution in [3.05, 3.63) is 29.3 Å². The van der Waals surface area contributed by atoms with Gasteiger partial charge in [0.15, 0.2) is 0 Å². The van der Waals surface area contributed by atoms with Gasteiger partial charge in [0.25, 0.3) is 0 Å². The molecule has 2 N–H and O–H groups in total. The molecule has 0 radical (unpaired) electrons. The first-order chi connectivity index (χ1) is 9.20. The minimum Gasteiger partial charge on any atom is -0.465 e. The molecule has 0 aliphatic heterocycles. The number of nitrogens with two attached hydrogens (primary N) is 1. The molecule has 1 aromatic rings. The van der Waals surface area contributed by atoms with E-state index >= 15 is 0 Å². The number of carbonyl (C=O) groups is 1. The Hall–Kier alpha value is -1.00. The van der Waals surface area contributed by atoms with Gasteiger partial charge in [-0.1, -0.05) is 6.07 Å². The zero-order valence-corrected chi connectivity index (χ0v) is 12.2. The molecule has 0 fully saturated rings. The SMILES string of the molecule is CCOC(=O)C(N)CCSc1ccc2c(c1)CCC2. The second-order valence-corrected chi connectivity index (χ2v) is 5.95. The highest BCUT2D eigenvalue weighted by Gasteiger charge is 2.15. The maximum Gasteiger partial charge on any atom is 0.322 e. The van der Waals surface area contributed by atoms with Gasteiger partial charge in [-0.15, -0.1) is 11.8 Å². The molecular formula is C15H21NO2S. The Morgan fingerprint density at radius 1 is 1.42 bits per heavy atom. The van der Waals surface area contributed by atoms with Crippen LogP contribution in [0, 0.1) is 0 Å². The number of thioether (sulfide) groups is 1. The van der Waals surface area contributed by atoms with Gasteiger partial charge in [-0.25, -0.2) is 0 Å². The first-order valence-electron chi connectivity index (χ1n) is 6.87. The normalized spacial score (nSPS) is 15.1. The van der Waals surface area contributed by atoms with E-state index < -0.39 is 6.04 Å². The molecule has 2 rings (SSSR count). The van der Waals surface area contributed by atoms with E-state index in [1.54, 1.807) is 18.7 Å². The molecule has 4 heteroatoms. The number of carbonyl (C=O) groups excluding carboxylic acids is 1. The third-order valence-corrected chi connectivity index (χ3v) is 4.38. The van der Waals surface area contributed by atoms with Gasteiger partial charge in [-0.05, 0) is 55.9 Å². The summed E-state index contributed by atoms with van der Waals surface area (Å²) in [4.78, 5) is 12.7. The molecule has 1 aliphatic rings. The van der Waals surface area contributed by atoms with Gasteiger partial charge < -0.3 is 10.5 Å². The number of rotatable bonds is 6. The van der Waals surface area contributed by atoms with E-state index in [-0.39, 0.29) is 5.97 Å². The van der Waals surface area contributed by atoms with Crippen molar-refractivity contribution in [2.45, 2.75) is 43.5 Å². The summed E-state index contributed by atoms with van der Waals surface area (Å²) in [5, 5.41) is 0. The van der Waals surface area contributed by atoms with Crippen molar-refractivity contribution in [1.29, 1.82) is 0 Å². The summed E-state index contributed by atoms with van der Waals surface area (Å²) in [5.41, 5.74) is 8.75. The topological polar surface area (TPSA) is 52.3 Å². The van der Waals surface area contributed by atoms with Gasteiger partial charge >= 0.3 is 5.97 Å². The average Bonchev–Trinajstić information content (AvgIpc) is 2.86. The molecule has 1 aromatic carbocycles. The zero-order valence-electron chi connectivity index (χ0n) is 11.4. The molecule has 0 saturated heterocycles. The van der Waals surface area contributed by atoms with Gasteiger partial charge in [0.2, 0.25) is 0 Å². The number of ether oxygens (including phenoxy) is 1. The number of fused-ring (bicyclic) bond motifs is 1. The number of benzene rings is 1. The van der Waals surface area contributed by atoms with Crippen LogP contribution in [0.4, 0.5) is 0 Å². The molecule has 19 heavy (non-hydrogen) atoms. The minimum absolute atomic E-state index is 0.294. The van der Waals surface area contributed by atoms with Crippen molar-refractivity contribution in [2.75, 3.05) is 12.4 Å². The van der Waals surface area contributed by atoms with Crippen LogP contribution in [0.25, 0.3) is 0 Å². The lowest BCUT2D eigenvalue weighted by Crippen LogP contribution is -2.32. The molecule has 1 atom stereocenters. The molecule has 3 nitrogen and oxygen atoms in total. The van der Waals surface area contributed by atoms with Crippen molar-refractivity contribution in [1.82, 2.24) is 0 Å². The van der Waals surface area contributed by atoms with Crippen LogP contribution in [0.2, 0.25) is 0 Å². The molecular weight excluding hydrogens is 258 g/mol. The molecule has 0 spiro atoms. The Balaban J connectivity index is 1.78. The highest BCUT2D eigenvalue weighted by Crippen LogP contribution is 2.27. The van der Waals surface area contributed by atoms with E-state index in [9.17, 15) is 4.79 Å². The van der Waals surface area contributed by atoms with Crippen LogP contribution in [-0.4, -0.2) is 24.4 Å². The molecule has 1 aliphatic carbocycles. The van der Waals surface area contributed by atoms with Crippen LogP contribution >= 0.6 is 11.8 Å². The van der Waals surface area contributed by atoms with Crippen LogP contribution < -0.4 is 5.73 Å². The van der Waals surface area contributed by atoms with E-state index in [1.165, 1.54) is 35.3 Å². The highest BCUT2D eigenvalue weighted by molar-refractivity contribution is 7.99. The monoisotopic (exact) mass is 279 g/mol. The fraction of sp³-hybridized carbons (Fsp3) is 0.533. The van der Waals surface area contributed by atoms with Crippen LogP contribution in [0.15, 0.2) is 23.1 Å². The predicted molar refractivity (Wildman–Crippen MR) is 78.4 cm³/mol. The molecule has 1 unspecified atom stereocenters. The first-order valence-corrected chi connectivity index (χ1v) is 7.86. The third kappa shape index (κ3) is 3.98. The number of hydrogen-bond acceptors (Lipinski definition) is 4. The van der Waals surface area contributed by atoms with Crippen LogP contribution in [0.3, 0.4) is 0 Å². The molecule has 0 heterocycles. The fourth-order valence-electron chi connectivity index (χ4n) is 2.31. The Morgan fingerprint density at radius 2 is 2.21 bits per heavy atom. The van der Waals surface area contributed by atoms with E-state index in [1.807, 2.05) is 0 Å². The minimum atomic E-state index is -0.498. The average molecular weight is 279 g/mol. The Bertz CT molecular complexity index is 448. The fourth-order valence-corrected chi connectivity index (χ4v) is 3.31. The summed E-state index contributed by atoms with van der Waals surface area (Å²) in [7, 11) is 0. The second-order valence-electron chi connectivity index (χ2n) is 4.78. The van der Waals surface area contributed by atoms with Crippen LogP contribution in [0.1, 0.15) is 30.9 Å². The lowest BCUT2D eigenvalue weighted by Gasteiger charge is -2.10. The summed E-state index contributed by atoms with van der Waals surface area (Å²) in [6, 6.07) is 6.19. The van der Waals surface area contributed by atoms with Gasteiger partial charge in [0.05, 0.1) is 6.61 Å².